The molecule has 1 N–H and O–H groups in total. The first-order chi connectivity index (χ1) is 7.86. The molecule has 0 fully saturated rings. The topological polar surface area (TPSA) is 12.0 Å². The highest BCUT2D eigenvalue weighted by molar-refractivity contribution is 9.09. The number of hydrogen-bond acceptors (Lipinski definition) is 1. The first-order valence-corrected chi connectivity index (χ1v) is 7.35. The van der Waals surface area contributed by atoms with E-state index < -0.39 is 0 Å². The minimum Gasteiger partial charge on any atom is -0.307 e. The predicted molar refractivity (Wildman–Crippen MR) is 80.1 cm³/mol. The highest BCUT2D eigenvalue weighted by Gasteiger charge is 2.15. The molecule has 0 saturated carbocycles. The van der Waals surface area contributed by atoms with E-state index in [1.165, 1.54) is 22.3 Å². The van der Waals surface area contributed by atoms with E-state index in [1.807, 2.05) is 0 Å². The van der Waals surface area contributed by atoms with Crippen LogP contribution in [0.15, 0.2) is 12.1 Å². The second kappa shape index (κ2) is 6.01. The fourth-order valence-electron chi connectivity index (χ4n) is 2.10. The molecule has 1 aromatic rings. The van der Waals surface area contributed by atoms with Crippen LogP contribution in [0.4, 0.5) is 0 Å². The summed E-state index contributed by atoms with van der Waals surface area (Å²) in [7, 11) is 0. The maximum atomic E-state index is 3.39. The van der Waals surface area contributed by atoms with Crippen molar-refractivity contribution >= 4 is 15.9 Å². The van der Waals surface area contributed by atoms with Gasteiger partial charge in [0.15, 0.2) is 0 Å². The van der Waals surface area contributed by atoms with Gasteiger partial charge in [0.25, 0.3) is 0 Å². The van der Waals surface area contributed by atoms with Crippen molar-refractivity contribution in [2.45, 2.75) is 46.5 Å². The van der Waals surface area contributed by atoms with Crippen LogP contribution in [0, 0.1) is 13.8 Å². The lowest BCUT2D eigenvalue weighted by Gasteiger charge is -2.22. The van der Waals surface area contributed by atoms with E-state index in [4.69, 9.17) is 0 Å². The van der Waals surface area contributed by atoms with Crippen molar-refractivity contribution in [1.82, 2.24) is 5.32 Å². The molecule has 0 aliphatic rings. The van der Waals surface area contributed by atoms with Crippen LogP contribution in [0.2, 0.25) is 0 Å². The summed E-state index contributed by atoms with van der Waals surface area (Å²) >= 11 is 3.39. The molecular formula is C15H24BrN. The summed E-state index contributed by atoms with van der Waals surface area (Å²) in [5, 5.41) is 3.31. The summed E-state index contributed by atoms with van der Waals surface area (Å²) < 4.78 is 0. The molecule has 0 radical (unpaired) electrons. The monoisotopic (exact) mass is 297 g/mol. The molecule has 0 unspecified atom stereocenters. The standard InChI is InChI=1S/C15H24BrN/c1-11-8-13(15(3,4)5)9-12(2)14(11)6-7-17-10-16/h8-9,17H,6-7,10H2,1-5H3. The summed E-state index contributed by atoms with van der Waals surface area (Å²) in [5.41, 5.74) is 6.88. The van der Waals surface area contributed by atoms with Gasteiger partial charge in [-0.3, -0.25) is 0 Å². The molecule has 1 aromatic carbocycles. The first kappa shape index (κ1) is 14.7. The van der Waals surface area contributed by atoms with E-state index in [1.54, 1.807) is 0 Å². The fraction of sp³-hybridized carbons (Fsp3) is 0.600. The van der Waals surface area contributed by atoms with E-state index >= 15 is 0 Å². The molecule has 0 bridgehead atoms. The summed E-state index contributed by atoms with van der Waals surface area (Å²) in [6.07, 6.45) is 1.10. The lowest BCUT2D eigenvalue weighted by atomic mass is 9.83. The van der Waals surface area contributed by atoms with Gasteiger partial charge in [-0.25, -0.2) is 0 Å². The van der Waals surface area contributed by atoms with Gasteiger partial charge in [0.05, 0.1) is 5.45 Å². The van der Waals surface area contributed by atoms with Crippen molar-refractivity contribution in [1.29, 1.82) is 0 Å². The molecular weight excluding hydrogens is 274 g/mol. The van der Waals surface area contributed by atoms with Crippen LogP contribution in [0.5, 0.6) is 0 Å². The maximum absolute atomic E-state index is 3.39. The van der Waals surface area contributed by atoms with Crippen LogP contribution < -0.4 is 5.32 Å². The zero-order valence-corrected chi connectivity index (χ0v) is 13.2. The van der Waals surface area contributed by atoms with Gasteiger partial charge in [-0.1, -0.05) is 48.8 Å². The fourth-order valence-corrected chi connectivity index (χ4v) is 2.38. The Hall–Kier alpha value is -0.340. The van der Waals surface area contributed by atoms with Gasteiger partial charge in [-0.15, -0.1) is 0 Å². The summed E-state index contributed by atoms with van der Waals surface area (Å²) in [5.74, 6) is 0. The number of benzene rings is 1. The second-order valence-corrected chi connectivity index (χ2v) is 6.28. The molecule has 17 heavy (non-hydrogen) atoms. The van der Waals surface area contributed by atoms with Gasteiger partial charge in [0.2, 0.25) is 0 Å². The van der Waals surface area contributed by atoms with Crippen LogP contribution in [0.1, 0.15) is 43.0 Å². The second-order valence-electron chi connectivity index (χ2n) is 5.72. The number of rotatable bonds is 4. The van der Waals surface area contributed by atoms with Crippen LogP contribution in [0.25, 0.3) is 0 Å². The Bertz CT molecular complexity index is 354. The average Bonchev–Trinajstić information content (AvgIpc) is 2.20. The Morgan fingerprint density at radius 1 is 1.12 bits per heavy atom. The van der Waals surface area contributed by atoms with Gasteiger partial charge < -0.3 is 5.32 Å². The molecule has 0 spiro atoms. The van der Waals surface area contributed by atoms with Gasteiger partial charge in [0.1, 0.15) is 0 Å². The summed E-state index contributed by atoms with van der Waals surface area (Å²) in [6, 6.07) is 4.69. The van der Waals surface area contributed by atoms with E-state index in [-0.39, 0.29) is 5.41 Å². The van der Waals surface area contributed by atoms with Gasteiger partial charge in [0, 0.05) is 0 Å². The van der Waals surface area contributed by atoms with E-state index in [0.717, 1.165) is 18.4 Å². The van der Waals surface area contributed by atoms with Gasteiger partial charge in [-0.05, 0) is 54.5 Å². The summed E-state index contributed by atoms with van der Waals surface area (Å²) in [6.45, 7) is 12.3. The molecule has 2 heteroatoms. The molecule has 0 saturated heterocycles. The smallest absolute Gasteiger partial charge is 0.0517 e. The van der Waals surface area contributed by atoms with Gasteiger partial charge in [-0.2, -0.15) is 0 Å². The lowest BCUT2D eigenvalue weighted by Crippen LogP contribution is -2.17. The van der Waals surface area contributed by atoms with Crippen molar-refractivity contribution in [3.8, 4) is 0 Å². The molecule has 96 valence electrons. The largest absolute Gasteiger partial charge is 0.307 e. The Morgan fingerprint density at radius 2 is 1.65 bits per heavy atom. The van der Waals surface area contributed by atoms with E-state index in [2.05, 4.69) is 68.0 Å². The molecule has 0 aromatic heterocycles. The quantitative estimate of drug-likeness (QED) is 0.501. The highest BCUT2D eigenvalue weighted by atomic mass is 79.9. The number of nitrogens with one attached hydrogen (secondary N) is 1. The molecule has 0 aliphatic heterocycles. The average molecular weight is 298 g/mol. The van der Waals surface area contributed by atoms with Crippen molar-refractivity contribution in [2.75, 3.05) is 12.0 Å². The maximum Gasteiger partial charge on any atom is 0.0517 e. The number of alkyl halides is 1. The van der Waals surface area contributed by atoms with Crippen molar-refractivity contribution in [3.05, 3.63) is 34.4 Å². The van der Waals surface area contributed by atoms with Crippen LogP contribution in [0.3, 0.4) is 0 Å². The summed E-state index contributed by atoms with van der Waals surface area (Å²) in [4.78, 5) is 0. The van der Waals surface area contributed by atoms with Crippen LogP contribution in [-0.4, -0.2) is 12.0 Å². The molecule has 0 aliphatic carbocycles. The Morgan fingerprint density at radius 3 is 2.06 bits per heavy atom. The third-order valence-electron chi connectivity index (χ3n) is 3.21. The molecule has 1 nitrogen and oxygen atoms in total. The van der Waals surface area contributed by atoms with Crippen molar-refractivity contribution in [2.24, 2.45) is 0 Å². The Kier molecular flexibility index (Phi) is 5.21. The molecule has 0 atom stereocenters. The zero-order valence-electron chi connectivity index (χ0n) is 11.7. The van der Waals surface area contributed by atoms with Crippen LogP contribution >= 0.6 is 15.9 Å². The minimum absolute atomic E-state index is 0.238. The Balaban J connectivity index is 2.95. The number of hydrogen-bond donors (Lipinski definition) is 1. The highest BCUT2D eigenvalue weighted by Crippen LogP contribution is 2.26. The van der Waals surface area contributed by atoms with Gasteiger partial charge >= 0.3 is 0 Å². The third-order valence-corrected chi connectivity index (χ3v) is 3.60. The van der Waals surface area contributed by atoms with Crippen LogP contribution in [-0.2, 0) is 11.8 Å². The molecule has 0 amide bonds. The number of aryl methyl sites for hydroxylation is 2. The normalized spacial score (nSPS) is 11.9. The van der Waals surface area contributed by atoms with Crippen molar-refractivity contribution < 1.29 is 0 Å². The zero-order chi connectivity index (χ0) is 13.1. The first-order valence-electron chi connectivity index (χ1n) is 6.23. The van der Waals surface area contributed by atoms with Crippen molar-refractivity contribution in [3.63, 3.8) is 0 Å². The van der Waals surface area contributed by atoms with E-state index in [9.17, 15) is 0 Å². The minimum atomic E-state index is 0.238. The lowest BCUT2D eigenvalue weighted by molar-refractivity contribution is 0.588. The third kappa shape index (κ3) is 4.11. The molecule has 0 heterocycles. The number of halogens is 1. The van der Waals surface area contributed by atoms with E-state index in [0.29, 0.717) is 0 Å². The molecule has 1 rings (SSSR count). The predicted octanol–water partition coefficient (Wildman–Crippen LogP) is 4.09. The SMILES string of the molecule is Cc1cc(C(C)(C)C)cc(C)c1CCNCBr. The Labute approximate surface area is 114 Å².